The first kappa shape index (κ1) is 26.2. The Bertz CT molecular complexity index is 843. The van der Waals surface area contributed by atoms with Crippen molar-refractivity contribution in [2.45, 2.75) is 65.1 Å². The van der Waals surface area contributed by atoms with Crippen molar-refractivity contribution in [1.29, 1.82) is 0 Å². The molecule has 1 aliphatic rings. The van der Waals surface area contributed by atoms with Crippen LogP contribution in [0.3, 0.4) is 0 Å². The van der Waals surface area contributed by atoms with E-state index in [0.717, 1.165) is 41.4 Å². The SMILES string of the molecule is CC.CC.CC.O=C(CSc1nc2ccccc2s1)N1CCCCc2ccccc21. The predicted octanol–water partition coefficient (Wildman–Crippen LogP) is 7.84. The molecule has 1 amide bonds. The molecular formula is C25H36N2OS2. The van der Waals surface area contributed by atoms with Gasteiger partial charge in [0.15, 0.2) is 4.34 Å². The number of amides is 1. The second kappa shape index (κ2) is 15.0. The maximum Gasteiger partial charge on any atom is 0.237 e. The number of benzene rings is 2. The number of carbonyl (C=O) groups is 1. The first-order chi connectivity index (χ1) is 14.8. The highest BCUT2D eigenvalue weighted by atomic mass is 32.2. The number of anilines is 1. The maximum absolute atomic E-state index is 12.8. The summed E-state index contributed by atoms with van der Waals surface area (Å²) in [6.07, 6.45) is 3.27. The molecule has 164 valence electrons. The minimum atomic E-state index is 0.175. The fourth-order valence-electron chi connectivity index (χ4n) is 3.06. The molecule has 3 nitrogen and oxygen atoms in total. The second-order valence-corrected chi connectivity index (χ2v) is 8.12. The van der Waals surface area contributed by atoms with E-state index in [9.17, 15) is 4.79 Å². The normalized spacial score (nSPS) is 12.1. The summed E-state index contributed by atoms with van der Waals surface area (Å²) in [5, 5.41) is 0. The summed E-state index contributed by atoms with van der Waals surface area (Å²) in [4.78, 5) is 19.3. The van der Waals surface area contributed by atoms with Crippen molar-refractivity contribution in [3.8, 4) is 0 Å². The Hall–Kier alpha value is -1.85. The number of carbonyl (C=O) groups excluding carboxylic acids is 1. The van der Waals surface area contributed by atoms with Gasteiger partial charge in [-0.25, -0.2) is 4.98 Å². The largest absolute Gasteiger partial charge is 0.311 e. The zero-order chi connectivity index (χ0) is 22.4. The van der Waals surface area contributed by atoms with E-state index in [1.807, 2.05) is 70.7 Å². The number of nitrogens with zero attached hydrogens (tertiary/aromatic N) is 2. The van der Waals surface area contributed by atoms with E-state index >= 15 is 0 Å². The number of aromatic nitrogens is 1. The van der Waals surface area contributed by atoms with Gasteiger partial charge in [-0.1, -0.05) is 83.6 Å². The summed E-state index contributed by atoms with van der Waals surface area (Å²) < 4.78 is 2.14. The fourth-order valence-corrected chi connectivity index (χ4v) is 5.01. The summed E-state index contributed by atoms with van der Waals surface area (Å²) in [6.45, 7) is 12.8. The number of para-hydroxylation sites is 2. The van der Waals surface area contributed by atoms with Crippen LogP contribution in [0.4, 0.5) is 5.69 Å². The molecule has 0 atom stereocenters. The topological polar surface area (TPSA) is 33.2 Å². The van der Waals surface area contributed by atoms with Crippen molar-refractivity contribution < 1.29 is 4.79 Å². The number of thiazole rings is 1. The van der Waals surface area contributed by atoms with Crippen LogP contribution in [-0.4, -0.2) is 23.2 Å². The number of fused-ring (bicyclic) bond motifs is 2. The molecule has 4 rings (SSSR count). The highest BCUT2D eigenvalue weighted by Gasteiger charge is 2.21. The minimum absolute atomic E-state index is 0.175. The van der Waals surface area contributed by atoms with Gasteiger partial charge in [0.05, 0.1) is 16.0 Å². The minimum Gasteiger partial charge on any atom is -0.311 e. The Morgan fingerprint density at radius 1 is 0.967 bits per heavy atom. The number of hydrogen-bond donors (Lipinski definition) is 0. The van der Waals surface area contributed by atoms with Crippen LogP contribution in [0.2, 0.25) is 0 Å². The van der Waals surface area contributed by atoms with Gasteiger partial charge >= 0.3 is 0 Å². The lowest BCUT2D eigenvalue weighted by molar-refractivity contribution is -0.116. The lowest BCUT2D eigenvalue weighted by Gasteiger charge is -2.22. The van der Waals surface area contributed by atoms with E-state index in [1.54, 1.807) is 23.1 Å². The Balaban J connectivity index is 0.000000691. The number of aryl methyl sites for hydroxylation is 1. The monoisotopic (exact) mass is 444 g/mol. The molecule has 0 saturated carbocycles. The zero-order valence-electron chi connectivity index (χ0n) is 19.3. The van der Waals surface area contributed by atoms with E-state index in [4.69, 9.17) is 0 Å². The summed E-state index contributed by atoms with van der Waals surface area (Å²) in [5.74, 6) is 0.613. The van der Waals surface area contributed by atoms with Crippen LogP contribution in [0.1, 0.15) is 59.9 Å². The van der Waals surface area contributed by atoms with E-state index in [0.29, 0.717) is 5.75 Å². The van der Waals surface area contributed by atoms with E-state index in [-0.39, 0.29) is 5.91 Å². The first-order valence-electron chi connectivity index (χ1n) is 11.2. The molecule has 0 N–H and O–H groups in total. The van der Waals surface area contributed by atoms with Crippen LogP contribution in [0.25, 0.3) is 10.2 Å². The Labute approximate surface area is 190 Å². The van der Waals surface area contributed by atoms with Crippen LogP contribution in [0.5, 0.6) is 0 Å². The molecule has 5 heteroatoms. The molecule has 0 aliphatic carbocycles. The van der Waals surface area contributed by atoms with Crippen LogP contribution >= 0.6 is 23.1 Å². The Morgan fingerprint density at radius 3 is 2.37 bits per heavy atom. The Morgan fingerprint density at radius 2 is 1.63 bits per heavy atom. The van der Waals surface area contributed by atoms with Gasteiger partial charge in [-0.05, 0) is 43.0 Å². The molecule has 0 spiro atoms. The van der Waals surface area contributed by atoms with E-state index < -0.39 is 0 Å². The summed E-state index contributed by atoms with van der Waals surface area (Å²) in [5.41, 5.74) is 3.39. The van der Waals surface area contributed by atoms with Crippen LogP contribution in [-0.2, 0) is 11.2 Å². The van der Waals surface area contributed by atoms with Gasteiger partial charge in [-0.15, -0.1) is 11.3 Å². The zero-order valence-corrected chi connectivity index (χ0v) is 20.9. The fraction of sp³-hybridized carbons (Fsp3) is 0.440. The van der Waals surface area contributed by atoms with Crippen molar-refractivity contribution in [1.82, 2.24) is 4.98 Å². The van der Waals surface area contributed by atoms with E-state index in [1.165, 1.54) is 10.3 Å². The standard InChI is InChI=1S/C19H18N2OS2.3C2H6/c22-18(13-23-19-20-15-9-2-4-11-17(15)24-19)21-12-6-5-8-14-7-1-3-10-16(14)21;3*1-2/h1-4,7,9-11H,5-6,8,12-13H2;3*1-2H3. The van der Waals surface area contributed by atoms with E-state index in [2.05, 4.69) is 29.2 Å². The van der Waals surface area contributed by atoms with Gasteiger partial charge in [0, 0.05) is 12.2 Å². The molecule has 0 bridgehead atoms. The van der Waals surface area contributed by atoms with Gasteiger partial charge in [0.1, 0.15) is 0 Å². The number of hydrogen-bond acceptors (Lipinski definition) is 4. The Kier molecular flexibility index (Phi) is 13.1. The molecule has 3 aromatic rings. The average Bonchev–Trinajstić information content (AvgIpc) is 3.13. The first-order valence-corrected chi connectivity index (χ1v) is 13.0. The van der Waals surface area contributed by atoms with Crippen LogP contribution < -0.4 is 4.90 Å². The maximum atomic E-state index is 12.8. The highest BCUT2D eigenvalue weighted by molar-refractivity contribution is 8.01. The van der Waals surface area contributed by atoms with Gasteiger partial charge in [0.25, 0.3) is 0 Å². The molecular weight excluding hydrogens is 408 g/mol. The van der Waals surface area contributed by atoms with Gasteiger partial charge < -0.3 is 4.90 Å². The van der Waals surface area contributed by atoms with Crippen molar-refractivity contribution in [3.63, 3.8) is 0 Å². The molecule has 1 aliphatic heterocycles. The highest BCUT2D eigenvalue weighted by Crippen LogP contribution is 2.31. The molecule has 30 heavy (non-hydrogen) atoms. The molecule has 2 aromatic carbocycles. The third kappa shape index (κ3) is 7.13. The molecule has 0 unspecified atom stereocenters. The molecule has 1 aromatic heterocycles. The number of thioether (sulfide) groups is 1. The summed E-state index contributed by atoms with van der Waals surface area (Å²) >= 11 is 3.20. The third-order valence-electron chi connectivity index (χ3n) is 4.25. The molecule has 0 fully saturated rings. The van der Waals surface area contributed by atoms with Crippen molar-refractivity contribution >= 4 is 44.9 Å². The van der Waals surface area contributed by atoms with Crippen molar-refractivity contribution in [2.24, 2.45) is 0 Å². The lowest BCUT2D eigenvalue weighted by atomic mass is 10.1. The van der Waals surface area contributed by atoms with Crippen LogP contribution in [0, 0.1) is 0 Å². The predicted molar refractivity (Wildman–Crippen MR) is 136 cm³/mol. The number of rotatable bonds is 3. The van der Waals surface area contributed by atoms with Crippen molar-refractivity contribution in [3.05, 3.63) is 54.1 Å². The summed E-state index contributed by atoms with van der Waals surface area (Å²) in [6, 6.07) is 16.4. The lowest BCUT2D eigenvalue weighted by Crippen LogP contribution is -2.33. The van der Waals surface area contributed by atoms with Gasteiger partial charge in [0.2, 0.25) is 5.91 Å². The van der Waals surface area contributed by atoms with Gasteiger partial charge in [-0.2, -0.15) is 0 Å². The summed E-state index contributed by atoms with van der Waals surface area (Å²) in [7, 11) is 0. The molecule has 0 saturated heterocycles. The second-order valence-electron chi connectivity index (χ2n) is 5.87. The quantitative estimate of drug-likeness (QED) is 0.386. The molecule has 0 radical (unpaired) electrons. The van der Waals surface area contributed by atoms with Gasteiger partial charge in [-0.3, -0.25) is 4.79 Å². The smallest absolute Gasteiger partial charge is 0.237 e. The van der Waals surface area contributed by atoms with Crippen molar-refractivity contribution in [2.75, 3.05) is 17.2 Å². The van der Waals surface area contributed by atoms with Crippen LogP contribution in [0.15, 0.2) is 52.9 Å². The molecule has 2 heterocycles. The average molecular weight is 445 g/mol. The third-order valence-corrected chi connectivity index (χ3v) is 6.42.